The molecule has 5 rings (SSSR count). The van der Waals surface area contributed by atoms with Gasteiger partial charge in [-0.3, -0.25) is 9.29 Å². The number of nitrogens with zero attached hydrogens (tertiary/aromatic N) is 4. The minimum atomic E-state index is -1.75. The van der Waals surface area contributed by atoms with Gasteiger partial charge in [0.2, 0.25) is 0 Å². The van der Waals surface area contributed by atoms with Gasteiger partial charge in [-0.15, -0.1) is 11.3 Å². The van der Waals surface area contributed by atoms with Crippen molar-refractivity contribution in [1.82, 2.24) is 9.97 Å². The number of nitriles is 1. The van der Waals surface area contributed by atoms with Crippen LogP contribution in [0.15, 0.2) is 83.3 Å². The number of pyridine rings is 1. The molecule has 1 atom stereocenters. The molecule has 202 valence electrons. The SMILES string of the molecule is COc1ccc(CN(c2nccs2)S(=O)c2ccc3c(-c4ccccc4OCC#N)ncc(F)c3c2)c(OC)c1. The average molecular weight is 575 g/mol. The molecular formula is C29H23FN4O4S2. The Hall–Kier alpha value is -4.53. The van der Waals surface area contributed by atoms with E-state index in [1.165, 1.54) is 11.3 Å². The summed E-state index contributed by atoms with van der Waals surface area (Å²) in [5.74, 6) is 1.12. The van der Waals surface area contributed by atoms with Crippen LogP contribution in [0.25, 0.3) is 22.0 Å². The molecule has 0 N–H and O–H groups in total. The Kier molecular flexibility index (Phi) is 8.19. The lowest BCUT2D eigenvalue weighted by Crippen LogP contribution is -2.25. The molecule has 0 fully saturated rings. The van der Waals surface area contributed by atoms with Crippen LogP contribution in [0.5, 0.6) is 17.2 Å². The summed E-state index contributed by atoms with van der Waals surface area (Å²) in [5.41, 5.74) is 1.88. The van der Waals surface area contributed by atoms with Crippen molar-refractivity contribution in [3.05, 3.63) is 89.8 Å². The summed E-state index contributed by atoms with van der Waals surface area (Å²) in [6.07, 6.45) is 2.77. The van der Waals surface area contributed by atoms with E-state index in [1.54, 1.807) is 78.6 Å². The van der Waals surface area contributed by atoms with E-state index in [0.29, 0.717) is 43.9 Å². The van der Waals surface area contributed by atoms with Crippen molar-refractivity contribution in [2.75, 3.05) is 25.1 Å². The lowest BCUT2D eigenvalue weighted by molar-refractivity contribution is 0.369. The summed E-state index contributed by atoms with van der Waals surface area (Å²) in [4.78, 5) is 9.10. The molecule has 1 unspecified atom stereocenters. The molecule has 2 aromatic heterocycles. The molecule has 0 aliphatic carbocycles. The predicted octanol–water partition coefficient (Wildman–Crippen LogP) is 6.15. The third kappa shape index (κ3) is 5.45. The van der Waals surface area contributed by atoms with Crippen molar-refractivity contribution in [3.8, 4) is 34.6 Å². The zero-order valence-corrected chi connectivity index (χ0v) is 23.2. The molecule has 0 amide bonds. The lowest BCUT2D eigenvalue weighted by Gasteiger charge is -2.22. The van der Waals surface area contributed by atoms with Crippen molar-refractivity contribution < 1.29 is 22.8 Å². The molecule has 0 bridgehead atoms. The first-order valence-electron chi connectivity index (χ1n) is 12.0. The maximum Gasteiger partial charge on any atom is 0.197 e. The Bertz CT molecular complexity index is 1720. The van der Waals surface area contributed by atoms with Crippen molar-refractivity contribution in [3.63, 3.8) is 0 Å². The Morgan fingerprint density at radius 2 is 1.88 bits per heavy atom. The fourth-order valence-corrected chi connectivity index (χ4v) is 6.19. The van der Waals surface area contributed by atoms with Crippen LogP contribution in [-0.4, -0.2) is 35.0 Å². The van der Waals surface area contributed by atoms with Gasteiger partial charge in [0.1, 0.15) is 29.1 Å². The van der Waals surface area contributed by atoms with E-state index in [-0.39, 0.29) is 18.5 Å². The van der Waals surface area contributed by atoms with Crippen LogP contribution in [0.2, 0.25) is 0 Å². The smallest absolute Gasteiger partial charge is 0.197 e. The maximum absolute atomic E-state index is 15.1. The summed E-state index contributed by atoms with van der Waals surface area (Å²) in [6.45, 7) is 0.0872. The van der Waals surface area contributed by atoms with Gasteiger partial charge in [-0.25, -0.2) is 13.6 Å². The van der Waals surface area contributed by atoms with E-state index < -0.39 is 16.8 Å². The Morgan fingerprint density at radius 3 is 2.62 bits per heavy atom. The van der Waals surface area contributed by atoms with Crippen LogP contribution in [0.4, 0.5) is 9.52 Å². The van der Waals surface area contributed by atoms with E-state index in [1.807, 2.05) is 18.2 Å². The number of thiazole rings is 1. The highest BCUT2D eigenvalue weighted by Gasteiger charge is 2.23. The van der Waals surface area contributed by atoms with Gasteiger partial charge in [-0.05, 0) is 36.4 Å². The molecule has 0 aliphatic heterocycles. The van der Waals surface area contributed by atoms with Crippen LogP contribution in [-0.2, 0) is 17.5 Å². The highest BCUT2D eigenvalue weighted by atomic mass is 32.2. The van der Waals surface area contributed by atoms with Crippen LogP contribution in [0.3, 0.4) is 0 Å². The Morgan fingerprint density at radius 1 is 1.02 bits per heavy atom. The van der Waals surface area contributed by atoms with Gasteiger partial charge in [0.25, 0.3) is 0 Å². The van der Waals surface area contributed by atoms with Crippen LogP contribution in [0.1, 0.15) is 5.56 Å². The van der Waals surface area contributed by atoms with E-state index >= 15 is 4.39 Å². The molecule has 0 saturated heterocycles. The van der Waals surface area contributed by atoms with Gasteiger partial charge < -0.3 is 14.2 Å². The molecule has 5 aromatic rings. The van der Waals surface area contributed by atoms with E-state index in [2.05, 4.69) is 9.97 Å². The molecule has 0 spiro atoms. The molecule has 2 heterocycles. The van der Waals surface area contributed by atoms with E-state index in [4.69, 9.17) is 19.5 Å². The highest BCUT2D eigenvalue weighted by molar-refractivity contribution is 7.86. The maximum atomic E-state index is 15.1. The second-order valence-corrected chi connectivity index (χ2v) is 10.7. The van der Waals surface area contributed by atoms with Crippen molar-refractivity contribution >= 4 is 38.2 Å². The number of anilines is 1. The van der Waals surface area contributed by atoms with Crippen LogP contribution in [0, 0.1) is 17.1 Å². The first-order valence-corrected chi connectivity index (χ1v) is 14.0. The normalized spacial score (nSPS) is 11.6. The Balaban J connectivity index is 1.56. The number of hydrogen-bond donors (Lipinski definition) is 0. The number of rotatable bonds is 10. The molecular weight excluding hydrogens is 551 g/mol. The van der Waals surface area contributed by atoms with E-state index in [0.717, 1.165) is 11.8 Å². The number of fused-ring (bicyclic) bond motifs is 1. The number of benzene rings is 3. The summed E-state index contributed by atoms with van der Waals surface area (Å²) >= 11 is 1.34. The van der Waals surface area contributed by atoms with Gasteiger partial charge >= 0.3 is 0 Å². The van der Waals surface area contributed by atoms with Crippen LogP contribution >= 0.6 is 11.3 Å². The fraction of sp³-hybridized carbons (Fsp3) is 0.138. The monoisotopic (exact) mass is 574 g/mol. The average Bonchev–Trinajstić information content (AvgIpc) is 3.53. The summed E-state index contributed by atoms with van der Waals surface area (Å²) in [6, 6.07) is 19.4. The van der Waals surface area contributed by atoms with Gasteiger partial charge in [0, 0.05) is 39.5 Å². The van der Waals surface area contributed by atoms with E-state index in [9.17, 15) is 4.21 Å². The number of methoxy groups -OCH3 is 2. The van der Waals surface area contributed by atoms with Crippen molar-refractivity contribution in [1.29, 1.82) is 5.26 Å². The largest absolute Gasteiger partial charge is 0.497 e. The molecule has 0 aliphatic rings. The third-order valence-corrected chi connectivity index (χ3v) is 8.36. The zero-order valence-electron chi connectivity index (χ0n) is 21.5. The molecule has 0 radical (unpaired) electrons. The van der Waals surface area contributed by atoms with Crippen molar-refractivity contribution in [2.45, 2.75) is 11.4 Å². The second-order valence-electron chi connectivity index (χ2n) is 8.38. The number of hydrogen-bond acceptors (Lipinski definition) is 8. The van der Waals surface area contributed by atoms with Crippen molar-refractivity contribution in [2.24, 2.45) is 0 Å². The molecule has 11 heteroatoms. The number of aromatic nitrogens is 2. The predicted molar refractivity (Wildman–Crippen MR) is 152 cm³/mol. The quantitative estimate of drug-likeness (QED) is 0.197. The molecule has 40 heavy (non-hydrogen) atoms. The molecule has 0 saturated carbocycles. The van der Waals surface area contributed by atoms with Crippen LogP contribution < -0.4 is 18.5 Å². The topological polar surface area (TPSA) is 97.6 Å². The standard InChI is InChI=1S/C29H23FN4O4S2/c1-36-20-8-7-19(27(15-20)37-2)18-34(29-32-12-14-39-29)40(35)21-9-10-22-24(16-21)25(30)17-33-28(22)23-5-3-4-6-26(23)38-13-11-31/h3-10,12,14-17H,13,18H2,1-2H3. The fourth-order valence-electron chi connectivity index (χ4n) is 4.21. The number of para-hydroxylation sites is 1. The minimum Gasteiger partial charge on any atom is -0.497 e. The summed E-state index contributed by atoms with van der Waals surface area (Å²) in [7, 11) is 1.39. The first-order chi connectivity index (χ1) is 19.5. The molecule has 8 nitrogen and oxygen atoms in total. The first kappa shape index (κ1) is 27.1. The number of halogens is 1. The Labute approximate surface area is 236 Å². The van der Waals surface area contributed by atoms with Gasteiger partial charge in [-0.2, -0.15) is 5.26 Å². The highest BCUT2D eigenvalue weighted by Crippen LogP contribution is 2.36. The second kappa shape index (κ2) is 12.1. The number of ether oxygens (including phenoxy) is 3. The van der Waals surface area contributed by atoms with Gasteiger partial charge in [0.15, 0.2) is 22.7 Å². The minimum absolute atomic E-state index is 0.134. The van der Waals surface area contributed by atoms with Gasteiger partial charge in [-0.1, -0.05) is 18.2 Å². The van der Waals surface area contributed by atoms with Gasteiger partial charge in [0.05, 0.1) is 37.6 Å². The molecule has 3 aromatic carbocycles. The zero-order chi connectivity index (χ0) is 28.1. The summed E-state index contributed by atoms with van der Waals surface area (Å²) in [5, 5.41) is 12.1. The third-order valence-electron chi connectivity index (χ3n) is 6.09. The lowest BCUT2D eigenvalue weighted by atomic mass is 10.0. The summed E-state index contributed by atoms with van der Waals surface area (Å²) < 4.78 is 47.2.